The topological polar surface area (TPSA) is 87.3 Å². The molecule has 7 nitrogen and oxygen atoms in total. The van der Waals surface area contributed by atoms with Crippen molar-refractivity contribution in [3.8, 4) is 0 Å². The number of aromatic nitrogens is 2. The van der Waals surface area contributed by atoms with Crippen LogP contribution in [0.15, 0.2) is 0 Å². The van der Waals surface area contributed by atoms with Crippen molar-refractivity contribution in [2.24, 2.45) is 5.92 Å². The normalized spacial score (nSPS) is 18.6. The van der Waals surface area contributed by atoms with Gasteiger partial charge in [-0.3, -0.25) is 14.7 Å². The fourth-order valence-corrected chi connectivity index (χ4v) is 2.19. The standard InChI is InChI=1S/C13H20N4O3/c1-8-9(2)15-16-12(8)14-13(19)10-6-11(18)17(7-10)4-5-20-3/h10H,4-7H2,1-3H3,(H2,14,15,16,19). The van der Waals surface area contributed by atoms with Gasteiger partial charge in [0.1, 0.15) is 0 Å². The lowest BCUT2D eigenvalue weighted by Crippen LogP contribution is -2.31. The van der Waals surface area contributed by atoms with E-state index in [9.17, 15) is 9.59 Å². The highest BCUT2D eigenvalue weighted by molar-refractivity contribution is 5.97. The molecule has 1 aliphatic heterocycles. The van der Waals surface area contributed by atoms with Gasteiger partial charge in [-0.05, 0) is 13.8 Å². The van der Waals surface area contributed by atoms with E-state index in [1.165, 1.54) is 0 Å². The minimum atomic E-state index is -0.323. The zero-order chi connectivity index (χ0) is 14.7. The first kappa shape index (κ1) is 14.5. The number of amides is 2. The predicted octanol–water partition coefficient (Wildman–Crippen LogP) is 0.460. The van der Waals surface area contributed by atoms with Gasteiger partial charge < -0.3 is 15.0 Å². The molecule has 1 saturated heterocycles. The fourth-order valence-electron chi connectivity index (χ4n) is 2.19. The largest absolute Gasteiger partial charge is 0.383 e. The van der Waals surface area contributed by atoms with E-state index in [1.54, 1.807) is 12.0 Å². The molecule has 1 aliphatic rings. The summed E-state index contributed by atoms with van der Waals surface area (Å²) in [6.07, 6.45) is 0.248. The molecule has 0 radical (unpaired) electrons. The van der Waals surface area contributed by atoms with E-state index in [2.05, 4.69) is 15.5 Å². The third-order valence-electron chi connectivity index (χ3n) is 3.65. The molecule has 20 heavy (non-hydrogen) atoms. The molecule has 110 valence electrons. The molecule has 1 fully saturated rings. The molecule has 0 saturated carbocycles. The van der Waals surface area contributed by atoms with Crippen LogP contribution in [0.3, 0.4) is 0 Å². The van der Waals surface area contributed by atoms with Crippen molar-refractivity contribution in [1.82, 2.24) is 15.1 Å². The van der Waals surface area contributed by atoms with E-state index in [0.717, 1.165) is 11.3 Å². The Hall–Kier alpha value is -1.89. The van der Waals surface area contributed by atoms with Gasteiger partial charge in [-0.15, -0.1) is 0 Å². The van der Waals surface area contributed by atoms with Gasteiger partial charge in [0.2, 0.25) is 11.8 Å². The van der Waals surface area contributed by atoms with Crippen LogP contribution in [0.25, 0.3) is 0 Å². The highest BCUT2D eigenvalue weighted by Crippen LogP contribution is 2.21. The molecule has 1 unspecified atom stereocenters. The van der Waals surface area contributed by atoms with Crippen molar-refractivity contribution in [2.75, 3.05) is 32.1 Å². The van der Waals surface area contributed by atoms with Crippen LogP contribution in [0, 0.1) is 19.8 Å². The Morgan fingerprint density at radius 2 is 2.30 bits per heavy atom. The molecule has 0 bridgehead atoms. The molecule has 7 heteroatoms. The van der Waals surface area contributed by atoms with Crippen molar-refractivity contribution in [2.45, 2.75) is 20.3 Å². The first-order valence-electron chi connectivity index (χ1n) is 6.62. The zero-order valence-corrected chi connectivity index (χ0v) is 12.0. The first-order chi connectivity index (χ1) is 9.52. The maximum Gasteiger partial charge on any atom is 0.231 e. The van der Waals surface area contributed by atoms with Crippen molar-refractivity contribution in [3.05, 3.63) is 11.3 Å². The number of rotatable bonds is 5. The number of aryl methyl sites for hydroxylation is 1. The number of ether oxygens (including phenoxy) is 1. The minimum Gasteiger partial charge on any atom is -0.383 e. The van der Waals surface area contributed by atoms with Gasteiger partial charge in [0.05, 0.1) is 12.5 Å². The SMILES string of the molecule is COCCN1CC(C(=O)Nc2n[nH]c(C)c2C)CC1=O. The number of carbonyl (C=O) groups is 2. The van der Waals surface area contributed by atoms with E-state index in [4.69, 9.17) is 4.74 Å². The van der Waals surface area contributed by atoms with E-state index < -0.39 is 0 Å². The van der Waals surface area contributed by atoms with Gasteiger partial charge in [0.25, 0.3) is 0 Å². The Labute approximate surface area is 117 Å². The summed E-state index contributed by atoms with van der Waals surface area (Å²) in [5.74, 6) is 0.0519. The van der Waals surface area contributed by atoms with Crippen LogP contribution < -0.4 is 5.32 Å². The third kappa shape index (κ3) is 2.98. The summed E-state index contributed by atoms with van der Waals surface area (Å²) < 4.78 is 4.95. The fraction of sp³-hybridized carbons (Fsp3) is 0.615. The Morgan fingerprint density at radius 1 is 1.55 bits per heavy atom. The number of methoxy groups -OCH3 is 1. The van der Waals surface area contributed by atoms with Crippen LogP contribution in [0.4, 0.5) is 5.82 Å². The van der Waals surface area contributed by atoms with Gasteiger partial charge >= 0.3 is 0 Å². The van der Waals surface area contributed by atoms with Gasteiger partial charge in [-0.2, -0.15) is 5.10 Å². The molecule has 0 aromatic carbocycles. The van der Waals surface area contributed by atoms with E-state index in [-0.39, 0.29) is 24.2 Å². The number of H-pyrrole nitrogens is 1. The van der Waals surface area contributed by atoms with Gasteiger partial charge in [0, 0.05) is 37.9 Å². The zero-order valence-electron chi connectivity index (χ0n) is 12.0. The van der Waals surface area contributed by atoms with Gasteiger partial charge in [0.15, 0.2) is 5.82 Å². The molecule has 1 atom stereocenters. The number of hydrogen-bond acceptors (Lipinski definition) is 4. The van der Waals surface area contributed by atoms with Crippen LogP contribution in [-0.2, 0) is 14.3 Å². The number of aromatic amines is 1. The summed E-state index contributed by atoms with van der Waals surface area (Å²) in [4.78, 5) is 25.6. The Balaban J connectivity index is 1.94. The Kier molecular flexibility index (Phi) is 4.39. The van der Waals surface area contributed by atoms with Gasteiger partial charge in [-0.25, -0.2) is 0 Å². The number of carbonyl (C=O) groups excluding carboxylic acids is 2. The highest BCUT2D eigenvalue weighted by Gasteiger charge is 2.34. The quantitative estimate of drug-likeness (QED) is 0.820. The number of likely N-dealkylation sites (tertiary alicyclic amines) is 1. The molecule has 1 aromatic rings. The third-order valence-corrected chi connectivity index (χ3v) is 3.65. The molecule has 0 aliphatic carbocycles. The average Bonchev–Trinajstić information content (AvgIpc) is 2.94. The van der Waals surface area contributed by atoms with E-state index in [0.29, 0.717) is 25.5 Å². The lowest BCUT2D eigenvalue weighted by atomic mass is 10.1. The Bertz CT molecular complexity index is 512. The second-order valence-corrected chi connectivity index (χ2v) is 5.05. The van der Waals surface area contributed by atoms with Crippen molar-refractivity contribution < 1.29 is 14.3 Å². The van der Waals surface area contributed by atoms with E-state index in [1.807, 2.05) is 13.8 Å². The second-order valence-electron chi connectivity index (χ2n) is 5.05. The van der Waals surface area contributed by atoms with Crippen LogP contribution in [0.5, 0.6) is 0 Å². The maximum absolute atomic E-state index is 12.2. The lowest BCUT2D eigenvalue weighted by Gasteiger charge is -2.15. The molecule has 1 aromatic heterocycles. The molecular weight excluding hydrogens is 260 g/mol. The molecule has 2 rings (SSSR count). The van der Waals surface area contributed by atoms with Crippen molar-refractivity contribution >= 4 is 17.6 Å². The number of hydrogen-bond donors (Lipinski definition) is 2. The summed E-state index contributed by atoms with van der Waals surface area (Å²) in [7, 11) is 1.59. The predicted molar refractivity (Wildman–Crippen MR) is 73.3 cm³/mol. The van der Waals surface area contributed by atoms with Crippen LogP contribution >= 0.6 is 0 Å². The molecular formula is C13H20N4O3. The summed E-state index contributed by atoms with van der Waals surface area (Å²) in [5.41, 5.74) is 1.84. The van der Waals surface area contributed by atoms with Gasteiger partial charge in [-0.1, -0.05) is 0 Å². The lowest BCUT2D eigenvalue weighted by molar-refractivity contribution is -0.128. The smallest absolute Gasteiger partial charge is 0.231 e. The van der Waals surface area contributed by atoms with Crippen LogP contribution in [0.1, 0.15) is 17.7 Å². The Morgan fingerprint density at radius 3 is 2.90 bits per heavy atom. The second kappa shape index (κ2) is 6.04. The molecule has 0 spiro atoms. The molecule has 2 N–H and O–H groups in total. The number of nitrogens with one attached hydrogen (secondary N) is 2. The monoisotopic (exact) mass is 280 g/mol. The first-order valence-corrected chi connectivity index (χ1v) is 6.62. The van der Waals surface area contributed by atoms with Crippen LogP contribution in [0.2, 0.25) is 0 Å². The summed E-state index contributed by atoms with van der Waals surface area (Å²) in [6, 6.07) is 0. The summed E-state index contributed by atoms with van der Waals surface area (Å²) in [5, 5.41) is 9.64. The molecule has 2 amide bonds. The van der Waals surface area contributed by atoms with Crippen molar-refractivity contribution in [3.63, 3.8) is 0 Å². The maximum atomic E-state index is 12.2. The average molecular weight is 280 g/mol. The number of anilines is 1. The summed E-state index contributed by atoms with van der Waals surface area (Å²) >= 11 is 0. The summed E-state index contributed by atoms with van der Waals surface area (Å²) in [6.45, 7) is 5.23. The van der Waals surface area contributed by atoms with E-state index >= 15 is 0 Å². The van der Waals surface area contributed by atoms with Crippen LogP contribution in [-0.4, -0.2) is 53.7 Å². The number of nitrogens with zero attached hydrogens (tertiary/aromatic N) is 2. The minimum absolute atomic E-state index is 0.00266. The van der Waals surface area contributed by atoms with Crippen molar-refractivity contribution in [1.29, 1.82) is 0 Å². The highest BCUT2D eigenvalue weighted by atomic mass is 16.5. The molecule has 2 heterocycles.